The molecule has 0 bridgehead atoms. The lowest BCUT2D eigenvalue weighted by atomic mass is 10.2. The van der Waals surface area contributed by atoms with E-state index in [9.17, 15) is 9.59 Å². The van der Waals surface area contributed by atoms with Crippen molar-refractivity contribution in [1.29, 1.82) is 0 Å². The number of H-pyrrole nitrogens is 1. The molecule has 0 unspecified atom stereocenters. The van der Waals surface area contributed by atoms with Crippen LogP contribution in [0.15, 0.2) is 35.3 Å². The molecular weight excluding hydrogens is 490 g/mol. The van der Waals surface area contributed by atoms with Crippen LogP contribution >= 0.6 is 0 Å². The van der Waals surface area contributed by atoms with Gasteiger partial charge in [0.25, 0.3) is 5.56 Å². The van der Waals surface area contributed by atoms with Crippen LogP contribution in [0.25, 0.3) is 10.8 Å². The van der Waals surface area contributed by atoms with Crippen LogP contribution in [0, 0.1) is 0 Å². The Labute approximate surface area is 221 Å². The van der Waals surface area contributed by atoms with Crippen molar-refractivity contribution < 1.29 is 19.0 Å². The van der Waals surface area contributed by atoms with Crippen LogP contribution in [0.4, 0.5) is 27.8 Å². The van der Waals surface area contributed by atoms with Crippen molar-refractivity contribution in [3.63, 3.8) is 0 Å². The number of nitrogens with one attached hydrogen (secondary N) is 3. The summed E-state index contributed by atoms with van der Waals surface area (Å²) in [6.07, 6.45) is 1.29. The molecule has 38 heavy (non-hydrogen) atoms. The number of methoxy groups -OCH3 is 2. The van der Waals surface area contributed by atoms with Gasteiger partial charge in [0.1, 0.15) is 23.0 Å². The van der Waals surface area contributed by atoms with E-state index in [1.54, 1.807) is 31.4 Å². The molecule has 3 heterocycles. The van der Waals surface area contributed by atoms with Crippen LogP contribution in [0.1, 0.15) is 20.8 Å². The summed E-state index contributed by atoms with van der Waals surface area (Å²) in [5.74, 6) is 1.56. The molecule has 1 aliphatic rings. The number of carbonyl (C=O) groups is 1. The van der Waals surface area contributed by atoms with Crippen LogP contribution in [0.5, 0.6) is 5.75 Å². The number of carbonyl (C=O) groups excluding carboxylic acids is 1. The highest BCUT2D eigenvalue weighted by Crippen LogP contribution is 2.34. The number of aromatic nitrogens is 3. The summed E-state index contributed by atoms with van der Waals surface area (Å²) in [6, 6.07) is 7.57. The average Bonchev–Trinajstić information content (AvgIpc) is 2.88. The summed E-state index contributed by atoms with van der Waals surface area (Å²) in [5, 5.41) is 13.9. The maximum atomic E-state index is 12.6. The number of rotatable bonds is 8. The standard InChI is InChI=1S/C26H35N7O5/c1-26(2,3)38-25(35)33-11-9-32(10-12-33)18-6-7-19(20(15-18)37-5)29-23-22-17(16-28-31-24(22)34)14-21(30-23)27-8-13-36-4/h6-7,14-16H,8-13H2,1-5H3,(H,31,34)(H2,27,29,30). The molecule has 204 valence electrons. The van der Waals surface area contributed by atoms with Gasteiger partial charge in [-0.1, -0.05) is 0 Å². The van der Waals surface area contributed by atoms with Gasteiger partial charge in [-0.3, -0.25) is 4.79 Å². The van der Waals surface area contributed by atoms with Crippen molar-refractivity contribution in [2.24, 2.45) is 0 Å². The van der Waals surface area contributed by atoms with Crippen LogP contribution in [-0.2, 0) is 9.47 Å². The fourth-order valence-corrected chi connectivity index (χ4v) is 4.16. The number of hydrogen-bond donors (Lipinski definition) is 3. The van der Waals surface area contributed by atoms with Crippen molar-refractivity contribution in [3.8, 4) is 5.75 Å². The molecule has 0 radical (unpaired) electrons. The number of ether oxygens (including phenoxy) is 3. The zero-order valence-electron chi connectivity index (χ0n) is 22.5. The van der Waals surface area contributed by atoms with Gasteiger partial charge in [-0.05, 0) is 39.0 Å². The van der Waals surface area contributed by atoms with E-state index in [0.717, 1.165) is 5.69 Å². The largest absolute Gasteiger partial charge is 0.494 e. The lowest BCUT2D eigenvalue weighted by Crippen LogP contribution is -2.50. The zero-order valence-corrected chi connectivity index (χ0v) is 22.5. The maximum Gasteiger partial charge on any atom is 0.410 e. The Kier molecular flexibility index (Phi) is 8.20. The number of benzene rings is 1. The first-order valence-corrected chi connectivity index (χ1v) is 12.5. The monoisotopic (exact) mass is 525 g/mol. The average molecular weight is 526 g/mol. The Balaban J connectivity index is 1.53. The SMILES string of the molecule is COCCNc1cc2cn[nH]c(=O)c2c(Nc2ccc(N3CCN(C(=O)OC(C)(C)C)CC3)cc2OC)n1. The first-order chi connectivity index (χ1) is 18.2. The fraction of sp³-hybridized carbons (Fsp3) is 0.462. The van der Waals surface area contributed by atoms with Crippen molar-refractivity contribution in [2.75, 3.05) is 69.1 Å². The number of anilines is 4. The van der Waals surface area contributed by atoms with Crippen molar-refractivity contribution in [2.45, 2.75) is 26.4 Å². The topological polar surface area (TPSA) is 134 Å². The Morgan fingerprint density at radius 1 is 1.13 bits per heavy atom. The highest BCUT2D eigenvalue weighted by molar-refractivity contribution is 5.94. The second-order valence-electron chi connectivity index (χ2n) is 9.90. The summed E-state index contributed by atoms with van der Waals surface area (Å²) in [5.41, 5.74) is 0.749. The number of hydrogen-bond acceptors (Lipinski definition) is 10. The minimum atomic E-state index is -0.522. The molecule has 1 amide bonds. The lowest BCUT2D eigenvalue weighted by Gasteiger charge is -2.37. The Morgan fingerprint density at radius 2 is 1.89 bits per heavy atom. The number of piperazine rings is 1. The van der Waals surface area contributed by atoms with E-state index in [4.69, 9.17) is 14.2 Å². The van der Waals surface area contributed by atoms with E-state index >= 15 is 0 Å². The van der Waals surface area contributed by atoms with E-state index < -0.39 is 5.60 Å². The maximum absolute atomic E-state index is 12.6. The third-order valence-electron chi connectivity index (χ3n) is 5.99. The van der Waals surface area contributed by atoms with Gasteiger partial charge in [-0.2, -0.15) is 5.10 Å². The van der Waals surface area contributed by atoms with Gasteiger partial charge in [0, 0.05) is 57.0 Å². The second kappa shape index (κ2) is 11.5. The van der Waals surface area contributed by atoms with Gasteiger partial charge < -0.3 is 34.6 Å². The zero-order chi connectivity index (χ0) is 27.3. The Hall–Kier alpha value is -4.06. The Morgan fingerprint density at radius 3 is 2.58 bits per heavy atom. The second-order valence-corrected chi connectivity index (χ2v) is 9.90. The molecule has 4 rings (SSSR count). The van der Waals surface area contributed by atoms with Crippen molar-refractivity contribution in [1.82, 2.24) is 20.1 Å². The van der Waals surface area contributed by atoms with E-state index in [1.807, 2.05) is 39.0 Å². The van der Waals surface area contributed by atoms with Gasteiger partial charge in [0.05, 0.1) is 31.0 Å². The summed E-state index contributed by atoms with van der Waals surface area (Å²) < 4.78 is 16.3. The van der Waals surface area contributed by atoms with Crippen LogP contribution in [-0.4, -0.2) is 85.3 Å². The molecule has 1 aromatic carbocycles. The normalized spacial score (nSPS) is 13.9. The first-order valence-electron chi connectivity index (χ1n) is 12.5. The quantitative estimate of drug-likeness (QED) is 0.377. The van der Waals surface area contributed by atoms with Crippen molar-refractivity contribution in [3.05, 3.63) is 40.8 Å². The summed E-state index contributed by atoms with van der Waals surface area (Å²) in [4.78, 5) is 33.6. The van der Waals surface area contributed by atoms with Gasteiger partial charge in [-0.25, -0.2) is 14.9 Å². The first kappa shape index (κ1) is 27.0. The number of fused-ring (bicyclic) bond motifs is 1. The third kappa shape index (κ3) is 6.43. The third-order valence-corrected chi connectivity index (χ3v) is 5.99. The molecule has 12 heteroatoms. The molecule has 0 saturated carbocycles. The van der Waals surface area contributed by atoms with E-state index in [1.165, 1.54) is 0 Å². The predicted octanol–water partition coefficient (Wildman–Crippen LogP) is 3.19. The molecular formula is C26H35N7O5. The Bertz CT molecular complexity index is 1330. The van der Waals surface area contributed by atoms with Gasteiger partial charge in [0.15, 0.2) is 0 Å². The minimum absolute atomic E-state index is 0.293. The number of pyridine rings is 1. The smallest absolute Gasteiger partial charge is 0.410 e. The lowest BCUT2D eigenvalue weighted by molar-refractivity contribution is 0.0240. The van der Waals surface area contributed by atoms with Crippen LogP contribution in [0.2, 0.25) is 0 Å². The van der Waals surface area contributed by atoms with E-state index in [-0.39, 0.29) is 11.7 Å². The van der Waals surface area contributed by atoms with E-state index in [0.29, 0.717) is 73.2 Å². The summed E-state index contributed by atoms with van der Waals surface area (Å²) in [7, 11) is 3.22. The predicted molar refractivity (Wildman–Crippen MR) is 147 cm³/mol. The van der Waals surface area contributed by atoms with E-state index in [2.05, 4.69) is 30.7 Å². The summed E-state index contributed by atoms with van der Waals surface area (Å²) in [6.45, 7) is 9.12. The van der Waals surface area contributed by atoms with Crippen LogP contribution in [0.3, 0.4) is 0 Å². The molecule has 0 spiro atoms. The molecule has 1 fully saturated rings. The molecule has 3 N–H and O–H groups in total. The van der Waals surface area contributed by atoms with Gasteiger partial charge >= 0.3 is 6.09 Å². The number of amides is 1. The number of nitrogens with zero attached hydrogens (tertiary/aromatic N) is 4. The van der Waals surface area contributed by atoms with Gasteiger partial charge in [-0.15, -0.1) is 0 Å². The number of aromatic amines is 1. The van der Waals surface area contributed by atoms with Crippen LogP contribution < -0.4 is 25.8 Å². The molecule has 1 saturated heterocycles. The molecule has 0 atom stereocenters. The highest BCUT2D eigenvalue weighted by Gasteiger charge is 2.26. The highest BCUT2D eigenvalue weighted by atomic mass is 16.6. The molecule has 12 nitrogen and oxygen atoms in total. The summed E-state index contributed by atoms with van der Waals surface area (Å²) >= 11 is 0. The minimum Gasteiger partial charge on any atom is -0.494 e. The molecule has 1 aliphatic heterocycles. The van der Waals surface area contributed by atoms with Gasteiger partial charge in [0.2, 0.25) is 0 Å². The van der Waals surface area contributed by atoms with Crippen molar-refractivity contribution >= 4 is 39.9 Å². The molecule has 2 aromatic heterocycles. The fourth-order valence-electron chi connectivity index (χ4n) is 4.16. The molecule has 3 aromatic rings. The molecule has 0 aliphatic carbocycles.